The Labute approximate surface area is 304 Å². The number of hydrogen-bond acceptors (Lipinski definition) is 16. The smallest absolute Gasteiger partial charge is 0.352 e. The molecule has 0 saturated carbocycles. The number of carboxylic acid groups (broad SMARTS) is 2. The number of aromatic hydroxyl groups is 1. The monoisotopic (exact) mass is 778 g/mol. The number of thioether (sulfide) groups is 1. The van der Waals surface area contributed by atoms with E-state index in [0.717, 1.165) is 28.5 Å². The number of thiazole rings is 1. The molecule has 2 aliphatic heterocycles. The van der Waals surface area contributed by atoms with Crippen molar-refractivity contribution in [1.82, 2.24) is 30.5 Å². The lowest BCUT2D eigenvalue weighted by Crippen LogP contribution is -2.71. The number of nitrogen functional groups attached to an aromatic ring is 2. The molecule has 3 aromatic rings. The fraction of sp³-hybridized carbons (Fsp3) is 0.286. The highest BCUT2D eigenvalue weighted by molar-refractivity contribution is 8.00. The molecule has 5 rings (SSSR count). The Bertz CT molecular complexity index is 2090. The minimum absolute atomic E-state index is 0.00523. The number of amides is 3. The van der Waals surface area contributed by atoms with E-state index in [1.54, 1.807) is 10.8 Å². The first-order valence-corrected chi connectivity index (χ1v) is 17.1. The number of pyridine rings is 1. The molecule has 52 heavy (non-hydrogen) atoms. The fourth-order valence-corrected chi connectivity index (χ4v) is 7.09. The molecule has 5 heterocycles. The minimum atomic E-state index is -1.45. The van der Waals surface area contributed by atoms with E-state index in [2.05, 4.69) is 36.1 Å². The van der Waals surface area contributed by atoms with Crippen molar-refractivity contribution in [2.75, 3.05) is 35.6 Å². The quantitative estimate of drug-likeness (QED) is 0.0296. The van der Waals surface area contributed by atoms with Crippen LogP contribution in [-0.2, 0) is 30.6 Å². The first-order valence-electron chi connectivity index (χ1n) is 14.8. The number of halogens is 1. The maximum Gasteiger partial charge on any atom is 0.352 e. The third-order valence-corrected chi connectivity index (χ3v) is 9.80. The second kappa shape index (κ2) is 15.5. The molecule has 3 aromatic heterocycles. The van der Waals surface area contributed by atoms with Crippen LogP contribution in [0.3, 0.4) is 0 Å². The summed E-state index contributed by atoms with van der Waals surface area (Å²) in [7, 11) is 0. The van der Waals surface area contributed by atoms with Gasteiger partial charge in [-0.2, -0.15) is 0 Å². The van der Waals surface area contributed by atoms with Gasteiger partial charge in [0.1, 0.15) is 51.3 Å². The highest BCUT2D eigenvalue weighted by atomic mass is 35.5. The molecule has 1 fully saturated rings. The molecule has 0 spiro atoms. The van der Waals surface area contributed by atoms with E-state index < -0.39 is 64.1 Å². The van der Waals surface area contributed by atoms with E-state index in [9.17, 15) is 39.0 Å². The Morgan fingerprint density at radius 3 is 2.65 bits per heavy atom. The molecule has 1 unspecified atom stereocenters. The lowest BCUT2D eigenvalue weighted by atomic mass is 10.0. The molecule has 1 saturated heterocycles. The standard InChI is InChI=1S/C28H28ClN11O10S2/c1-10(26(46)47)50-38-17(16-20(29)52-28(31)37-16)23(44)36-18-24(45)40-19(27(48)49)11(8-51-25(18)40)6-39-7-13(21(30)35-9-39)32-2-3-33-22(43)12-4-14(41)15(42)5-34-12/h4-5,7,9-10,18,25,30,32H,2-3,6,8H2,1H3,(H8,31,33,34,36,37,38,41,42,43,44,46,47,48,49)/p+1/t10-,18+,25?/m0/s1. The second-order valence-electron chi connectivity index (χ2n) is 10.9. The van der Waals surface area contributed by atoms with Gasteiger partial charge in [-0.05, 0) is 11.9 Å². The molecule has 21 nitrogen and oxygen atoms in total. The van der Waals surface area contributed by atoms with Crippen LogP contribution < -0.4 is 37.4 Å². The number of anilines is 3. The number of nitrogens with zero attached hydrogens (tertiary/aromatic N) is 5. The van der Waals surface area contributed by atoms with E-state index in [0.29, 0.717) is 11.3 Å². The Kier molecular flexibility index (Phi) is 11.1. The number of nitrogens with one attached hydrogen (secondary N) is 4. The number of aliphatic carboxylic acids is 2. The van der Waals surface area contributed by atoms with Crippen LogP contribution in [0.2, 0.25) is 4.34 Å². The highest BCUT2D eigenvalue weighted by Gasteiger charge is 2.54. The van der Waals surface area contributed by atoms with Gasteiger partial charge >= 0.3 is 11.9 Å². The van der Waals surface area contributed by atoms with Crippen LogP contribution in [0.1, 0.15) is 23.1 Å². The molecular weight excluding hydrogens is 750 g/mol. The van der Waals surface area contributed by atoms with Crippen molar-refractivity contribution in [3.05, 3.63) is 62.0 Å². The van der Waals surface area contributed by atoms with Crippen molar-refractivity contribution >= 4 is 86.7 Å². The number of rotatable bonds is 14. The van der Waals surface area contributed by atoms with Crippen LogP contribution in [0.4, 0.5) is 16.6 Å². The van der Waals surface area contributed by atoms with Crippen LogP contribution in [0.5, 0.6) is 5.75 Å². The largest absolute Gasteiger partial charge is 0.503 e. The van der Waals surface area contributed by atoms with Gasteiger partial charge in [0.15, 0.2) is 16.6 Å². The third kappa shape index (κ3) is 8.00. The van der Waals surface area contributed by atoms with Crippen molar-refractivity contribution in [1.29, 1.82) is 0 Å². The summed E-state index contributed by atoms with van der Waals surface area (Å²) in [6.07, 6.45) is 2.49. The highest BCUT2D eigenvalue weighted by Crippen LogP contribution is 2.40. The van der Waals surface area contributed by atoms with E-state index in [4.69, 9.17) is 33.0 Å². The van der Waals surface area contributed by atoms with E-state index in [-0.39, 0.29) is 57.8 Å². The normalized spacial score (nSPS) is 17.5. The zero-order valence-electron chi connectivity index (χ0n) is 26.7. The molecule has 274 valence electrons. The van der Waals surface area contributed by atoms with Gasteiger partial charge < -0.3 is 52.6 Å². The summed E-state index contributed by atoms with van der Waals surface area (Å²) in [4.78, 5) is 90.8. The van der Waals surface area contributed by atoms with Crippen molar-refractivity contribution < 1.29 is 48.7 Å². The van der Waals surface area contributed by atoms with Crippen molar-refractivity contribution in [2.45, 2.75) is 31.0 Å². The van der Waals surface area contributed by atoms with Crippen molar-refractivity contribution in [3.8, 4) is 5.75 Å². The van der Waals surface area contributed by atoms with E-state index in [1.165, 1.54) is 25.0 Å². The molecule has 11 N–H and O–H groups in total. The number of β-lactam (4-membered cyclic amide) rings is 1. The molecule has 2 aliphatic rings. The van der Waals surface area contributed by atoms with Gasteiger partial charge in [-0.25, -0.2) is 19.1 Å². The fourth-order valence-electron chi connectivity index (χ4n) is 4.82. The molecule has 0 bridgehead atoms. The number of carbonyl (C=O) groups is 5. The molecule has 3 amide bonds. The Balaban J connectivity index is 1.25. The number of nitrogens with two attached hydrogens (primary N) is 2. The molecule has 0 aliphatic carbocycles. The van der Waals surface area contributed by atoms with Crippen molar-refractivity contribution in [3.63, 3.8) is 0 Å². The summed E-state index contributed by atoms with van der Waals surface area (Å²) in [6, 6.07) is -0.233. The van der Waals surface area contributed by atoms with Gasteiger partial charge in [-0.3, -0.25) is 24.1 Å². The first-order chi connectivity index (χ1) is 24.7. The topological polar surface area (TPSA) is 322 Å². The summed E-state index contributed by atoms with van der Waals surface area (Å²) in [6.45, 7) is 1.45. The predicted octanol–water partition coefficient (Wildman–Crippen LogP) is -1.49. The van der Waals surface area contributed by atoms with Crippen LogP contribution in [-0.4, -0.2) is 107 Å². The Morgan fingerprint density at radius 1 is 1.25 bits per heavy atom. The summed E-state index contributed by atoms with van der Waals surface area (Å²) in [5, 5.41) is 39.5. The van der Waals surface area contributed by atoms with Crippen molar-refractivity contribution in [2.24, 2.45) is 5.16 Å². The lowest BCUT2D eigenvalue weighted by Gasteiger charge is -2.49. The number of aromatic nitrogens is 4. The zero-order valence-corrected chi connectivity index (χ0v) is 29.0. The van der Waals surface area contributed by atoms with Gasteiger partial charge in [0.2, 0.25) is 11.5 Å². The summed E-state index contributed by atoms with van der Waals surface area (Å²) < 4.78 is 1.50. The molecule has 24 heteroatoms. The first kappa shape index (κ1) is 37.3. The van der Waals surface area contributed by atoms with Gasteiger partial charge in [0.05, 0.1) is 0 Å². The van der Waals surface area contributed by atoms with Gasteiger partial charge in [-0.15, -0.1) is 11.8 Å². The number of carboxylic acids is 2. The van der Waals surface area contributed by atoms with Gasteiger partial charge in [0.25, 0.3) is 29.9 Å². The third-order valence-electron chi connectivity index (χ3n) is 7.38. The predicted molar refractivity (Wildman–Crippen MR) is 184 cm³/mol. The van der Waals surface area contributed by atoms with Crippen LogP contribution in [0.25, 0.3) is 0 Å². The average molecular weight is 779 g/mol. The Hall–Kier alpha value is -5.94. The van der Waals surface area contributed by atoms with Gasteiger partial charge in [-0.1, -0.05) is 28.1 Å². The maximum atomic E-state index is 13.3. The van der Waals surface area contributed by atoms with E-state index in [1.807, 2.05) is 0 Å². The molecule has 0 radical (unpaired) electrons. The van der Waals surface area contributed by atoms with Crippen LogP contribution in [0.15, 0.2) is 46.0 Å². The zero-order chi connectivity index (χ0) is 37.9. The summed E-state index contributed by atoms with van der Waals surface area (Å²) >= 11 is 8.17. The maximum absolute atomic E-state index is 13.3. The Morgan fingerprint density at radius 2 is 2.00 bits per heavy atom. The summed E-state index contributed by atoms with van der Waals surface area (Å²) in [5.41, 5.74) is 10.6. The number of oxime groups is 1. The number of hydrogen-bond donors (Lipinski definition) is 9. The second-order valence-corrected chi connectivity index (χ2v) is 13.7. The van der Waals surface area contributed by atoms with Crippen LogP contribution >= 0.6 is 34.7 Å². The van der Waals surface area contributed by atoms with E-state index >= 15 is 0 Å². The average Bonchev–Trinajstić information content (AvgIpc) is 3.44. The SMILES string of the molecule is C[C@H](O/N=C(\C(=O)N[C@@H]1C(=O)N2C(C(=O)O)=C(C[n+]3cnc(N)c(NCCNC(=O)c4cc(=O)c(O)c[nH]4)c3)CSC12)c1nc(N)sc1Cl)C(=O)O. The number of H-pyrrole nitrogens is 1. The molecular formula is C28H29ClN11O10S2+. The lowest BCUT2D eigenvalue weighted by molar-refractivity contribution is -0.691. The van der Waals surface area contributed by atoms with Gasteiger partial charge in [0, 0.05) is 36.7 Å². The molecule has 0 aromatic carbocycles. The van der Waals surface area contributed by atoms with Crippen LogP contribution in [0, 0.1) is 0 Å². The molecule has 3 atom stereocenters. The summed E-state index contributed by atoms with van der Waals surface area (Å²) in [5.74, 6) is -5.33. The number of carbonyl (C=O) groups excluding carboxylic acids is 3. The number of aromatic amines is 1. The minimum Gasteiger partial charge on any atom is -0.503 e. The number of fused-ring (bicyclic) bond motifs is 1.